The number of carbonyl (C=O) groups is 2. The molecular weight excluding hydrogens is 206 g/mol. The highest BCUT2D eigenvalue weighted by atomic mass is 16.4. The summed E-state index contributed by atoms with van der Waals surface area (Å²) in [7, 11) is 0. The van der Waals surface area contributed by atoms with Gasteiger partial charge in [0, 0.05) is 12.8 Å². The van der Waals surface area contributed by atoms with Crippen LogP contribution in [-0.2, 0) is 9.59 Å². The summed E-state index contributed by atoms with van der Waals surface area (Å²) in [5, 5.41) is 11.4. The molecule has 0 fully saturated rings. The van der Waals surface area contributed by atoms with E-state index in [1.54, 1.807) is 13.8 Å². The van der Waals surface area contributed by atoms with Crippen LogP contribution in [0.4, 0.5) is 0 Å². The molecule has 0 saturated heterocycles. The van der Waals surface area contributed by atoms with Crippen molar-refractivity contribution < 1.29 is 14.7 Å². The smallest absolute Gasteiger partial charge is 0.326 e. The van der Waals surface area contributed by atoms with Crippen molar-refractivity contribution in [3.63, 3.8) is 0 Å². The van der Waals surface area contributed by atoms with Crippen LogP contribution in [0.2, 0.25) is 0 Å². The van der Waals surface area contributed by atoms with Gasteiger partial charge in [0.25, 0.3) is 0 Å². The van der Waals surface area contributed by atoms with Gasteiger partial charge in [0.05, 0.1) is 0 Å². The van der Waals surface area contributed by atoms with Crippen LogP contribution in [-0.4, -0.2) is 23.0 Å². The summed E-state index contributed by atoms with van der Waals surface area (Å²) >= 11 is 0. The van der Waals surface area contributed by atoms with E-state index in [0.717, 1.165) is 6.42 Å². The third-order valence-corrected chi connectivity index (χ3v) is 2.22. The van der Waals surface area contributed by atoms with Crippen LogP contribution in [0.5, 0.6) is 0 Å². The van der Waals surface area contributed by atoms with E-state index in [1.165, 1.54) is 0 Å². The standard InChI is InChI=1S/C12H19NO3/c1-4-5-6-7-8-10(14)13-11(9(2)3)12(15)16/h1,9,11H,5-8H2,2-3H3,(H,13,14)(H,15,16)/t11-/m1/s1. The number of amides is 1. The second-order valence-corrected chi connectivity index (χ2v) is 4.04. The number of aliphatic carboxylic acids is 1. The highest BCUT2D eigenvalue weighted by molar-refractivity contribution is 5.83. The first-order valence-corrected chi connectivity index (χ1v) is 5.44. The topological polar surface area (TPSA) is 66.4 Å². The van der Waals surface area contributed by atoms with Gasteiger partial charge in [-0.3, -0.25) is 4.79 Å². The Morgan fingerprint density at radius 3 is 2.44 bits per heavy atom. The molecule has 0 bridgehead atoms. The summed E-state index contributed by atoms with van der Waals surface area (Å²) in [5.74, 6) is 1.16. The lowest BCUT2D eigenvalue weighted by Crippen LogP contribution is -2.44. The average Bonchev–Trinajstić information content (AvgIpc) is 2.20. The van der Waals surface area contributed by atoms with Crippen molar-refractivity contribution >= 4 is 11.9 Å². The number of carboxylic acids is 1. The van der Waals surface area contributed by atoms with Gasteiger partial charge in [0.2, 0.25) is 5.91 Å². The highest BCUT2D eigenvalue weighted by Gasteiger charge is 2.22. The lowest BCUT2D eigenvalue weighted by Gasteiger charge is -2.17. The number of terminal acetylenes is 1. The third kappa shape index (κ3) is 6.07. The van der Waals surface area contributed by atoms with Crippen molar-refractivity contribution in [1.29, 1.82) is 0 Å². The molecule has 0 aromatic carbocycles. The number of rotatable bonds is 7. The molecule has 2 N–H and O–H groups in total. The molecule has 1 atom stereocenters. The Hall–Kier alpha value is -1.50. The third-order valence-electron chi connectivity index (χ3n) is 2.22. The van der Waals surface area contributed by atoms with Crippen LogP contribution >= 0.6 is 0 Å². The molecule has 0 aliphatic rings. The van der Waals surface area contributed by atoms with Gasteiger partial charge < -0.3 is 10.4 Å². The fourth-order valence-corrected chi connectivity index (χ4v) is 1.27. The monoisotopic (exact) mass is 225 g/mol. The fraction of sp³-hybridized carbons (Fsp3) is 0.667. The zero-order valence-corrected chi connectivity index (χ0v) is 9.82. The van der Waals surface area contributed by atoms with E-state index in [0.29, 0.717) is 19.3 Å². The van der Waals surface area contributed by atoms with Gasteiger partial charge in [0.15, 0.2) is 0 Å². The van der Waals surface area contributed by atoms with Crippen molar-refractivity contribution in [2.45, 2.75) is 45.6 Å². The molecule has 0 saturated carbocycles. The zero-order valence-electron chi connectivity index (χ0n) is 9.82. The van der Waals surface area contributed by atoms with Gasteiger partial charge in [-0.1, -0.05) is 13.8 Å². The van der Waals surface area contributed by atoms with E-state index in [1.807, 2.05) is 0 Å². The van der Waals surface area contributed by atoms with E-state index in [2.05, 4.69) is 11.2 Å². The molecule has 0 radical (unpaired) electrons. The summed E-state index contributed by atoms with van der Waals surface area (Å²) < 4.78 is 0. The first-order chi connectivity index (χ1) is 7.49. The Kier molecular flexibility index (Phi) is 7.02. The van der Waals surface area contributed by atoms with Gasteiger partial charge in [0.1, 0.15) is 6.04 Å². The van der Waals surface area contributed by atoms with E-state index >= 15 is 0 Å². The van der Waals surface area contributed by atoms with Gasteiger partial charge in [-0.2, -0.15) is 0 Å². The number of hydrogen-bond acceptors (Lipinski definition) is 2. The molecule has 0 aromatic rings. The van der Waals surface area contributed by atoms with Crippen LogP contribution in [0.25, 0.3) is 0 Å². The Bertz CT molecular complexity index is 278. The molecule has 4 nitrogen and oxygen atoms in total. The summed E-state index contributed by atoms with van der Waals surface area (Å²) in [6.45, 7) is 3.52. The van der Waals surface area contributed by atoms with Crippen LogP contribution in [0.3, 0.4) is 0 Å². The van der Waals surface area contributed by atoms with E-state index in [-0.39, 0.29) is 11.8 Å². The Morgan fingerprint density at radius 2 is 2.00 bits per heavy atom. The van der Waals surface area contributed by atoms with Crippen molar-refractivity contribution in [1.82, 2.24) is 5.32 Å². The van der Waals surface area contributed by atoms with Crippen LogP contribution in [0, 0.1) is 18.3 Å². The van der Waals surface area contributed by atoms with E-state index in [4.69, 9.17) is 11.5 Å². The summed E-state index contributed by atoms with van der Waals surface area (Å²) in [6.07, 6.45) is 7.55. The zero-order chi connectivity index (χ0) is 12.6. The van der Waals surface area contributed by atoms with Gasteiger partial charge >= 0.3 is 5.97 Å². The second kappa shape index (κ2) is 7.75. The van der Waals surface area contributed by atoms with Crippen molar-refractivity contribution in [3.8, 4) is 12.3 Å². The largest absolute Gasteiger partial charge is 0.480 e. The van der Waals surface area contributed by atoms with Crippen molar-refractivity contribution in [2.24, 2.45) is 5.92 Å². The van der Waals surface area contributed by atoms with Crippen molar-refractivity contribution in [2.75, 3.05) is 0 Å². The predicted octanol–water partition coefficient (Wildman–Crippen LogP) is 1.41. The summed E-state index contributed by atoms with van der Waals surface area (Å²) in [6, 6.07) is -0.805. The van der Waals surface area contributed by atoms with Crippen LogP contribution in [0.15, 0.2) is 0 Å². The second-order valence-electron chi connectivity index (χ2n) is 4.04. The Labute approximate surface area is 96.4 Å². The number of hydrogen-bond donors (Lipinski definition) is 2. The minimum atomic E-state index is -0.994. The molecule has 0 spiro atoms. The van der Waals surface area contributed by atoms with Crippen LogP contribution in [0.1, 0.15) is 39.5 Å². The molecular formula is C12H19NO3. The molecule has 0 aromatic heterocycles. The first-order valence-electron chi connectivity index (χ1n) is 5.44. The molecule has 0 rings (SSSR count). The Balaban J connectivity index is 3.93. The normalized spacial score (nSPS) is 11.9. The molecule has 90 valence electrons. The minimum Gasteiger partial charge on any atom is -0.480 e. The van der Waals surface area contributed by atoms with Crippen LogP contribution < -0.4 is 5.32 Å². The maximum absolute atomic E-state index is 11.4. The fourth-order valence-electron chi connectivity index (χ4n) is 1.27. The maximum Gasteiger partial charge on any atom is 0.326 e. The molecule has 1 amide bonds. The maximum atomic E-state index is 11.4. The number of carbonyl (C=O) groups excluding carboxylic acids is 1. The number of unbranched alkanes of at least 4 members (excludes halogenated alkanes) is 2. The minimum absolute atomic E-state index is 0.118. The van der Waals surface area contributed by atoms with E-state index < -0.39 is 12.0 Å². The Morgan fingerprint density at radius 1 is 1.38 bits per heavy atom. The lowest BCUT2D eigenvalue weighted by molar-refractivity contribution is -0.143. The molecule has 0 unspecified atom stereocenters. The molecule has 0 heterocycles. The molecule has 16 heavy (non-hydrogen) atoms. The lowest BCUT2D eigenvalue weighted by atomic mass is 10.0. The highest BCUT2D eigenvalue weighted by Crippen LogP contribution is 2.04. The van der Waals surface area contributed by atoms with E-state index in [9.17, 15) is 9.59 Å². The number of nitrogens with one attached hydrogen (secondary N) is 1. The van der Waals surface area contributed by atoms with Gasteiger partial charge in [-0.15, -0.1) is 12.3 Å². The average molecular weight is 225 g/mol. The van der Waals surface area contributed by atoms with Gasteiger partial charge in [-0.25, -0.2) is 4.79 Å². The molecule has 0 aliphatic heterocycles. The summed E-state index contributed by atoms with van der Waals surface area (Å²) in [5.41, 5.74) is 0. The summed E-state index contributed by atoms with van der Waals surface area (Å²) in [4.78, 5) is 22.2. The number of carboxylic acid groups (broad SMARTS) is 1. The molecule has 0 aliphatic carbocycles. The molecule has 4 heteroatoms. The van der Waals surface area contributed by atoms with Crippen molar-refractivity contribution in [3.05, 3.63) is 0 Å². The SMILES string of the molecule is C#CCCCCC(=O)N[C@@H](C(=O)O)C(C)C. The van der Waals surface area contributed by atoms with Gasteiger partial charge in [-0.05, 0) is 18.8 Å². The quantitative estimate of drug-likeness (QED) is 0.508. The predicted molar refractivity (Wildman–Crippen MR) is 61.7 cm³/mol. The first kappa shape index (κ1) is 14.5.